The van der Waals surface area contributed by atoms with Crippen LogP contribution in [0.1, 0.15) is 6.92 Å². The van der Waals surface area contributed by atoms with Crippen LogP contribution < -0.4 is 10.5 Å². The van der Waals surface area contributed by atoms with Crippen molar-refractivity contribution in [2.75, 3.05) is 11.9 Å². The summed E-state index contributed by atoms with van der Waals surface area (Å²) in [6.45, 7) is 3.08. The van der Waals surface area contributed by atoms with E-state index in [4.69, 9.17) is 4.42 Å². The number of aryl methyl sites for hydroxylation is 1. The lowest BCUT2D eigenvalue weighted by Crippen LogP contribution is -2.12. The topological polar surface area (TPSA) is 38.4 Å². The normalized spacial score (nSPS) is 11.2. The maximum Gasteiger partial charge on any atom is 0.338 e. The van der Waals surface area contributed by atoms with Gasteiger partial charge in [0.15, 0.2) is 0 Å². The van der Waals surface area contributed by atoms with Crippen LogP contribution in [0.2, 0.25) is 0 Å². The largest absolute Gasteiger partial charge is 0.423 e. The zero-order valence-electron chi connectivity index (χ0n) is 13.7. The molecule has 0 fully saturated rings. The summed E-state index contributed by atoms with van der Waals surface area (Å²) >= 11 is 0. The number of hydrogen-bond donors (Lipinski definition) is 0. The smallest absolute Gasteiger partial charge is 0.338 e. The summed E-state index contributed by atoms with van der Waals surface area (Å²) in [5.74, 6) is 0. The Balaban J connectivity index is 1.87. The predicted octanol–water partition coefficient (Wildman–Crippen LogP) is 4.54. The maximum atomic E-state index is 11.9. The highest BCUT2D eigenvalue weighted by molar-refractivity contribution is 5.93. The molecule has 120 valence electrons. The zero-order valence-corrected chi connectivity index (χ0v) is 13.7. The maximum absolute atomic E-state index is 11.9. The molecule has 24 heavy (non-hydrogen) atoms. The first-order valence-electron chi connectivity index (χ1n) is 8.03. The third-order valence-corrected chi connectivity index (χ3v) is 4.47. The van der Waals surface area contributed by atoms with Crippen LogP contribution in [0.3, 0.4) is 0 Å². The van der Waals surface area contributed by atoms with Crippen molar-refractivity contribution < 1.29 is 4.42 Å². The molecule has 0 aliphatic heterocycles. The van der Waals surface area contributed by atoms with Gasteiger partial charge >= 0.3 is 5.63 Å². The fraction of sp³-hybridized carbons (Fsp3) is 0.150. The Morgan fingerprint density at radius 1 is 1.08 bits per heavy atom. The van der Waals surface area contributed by atoms with Gasteiger partial charge in [-0.1, -0.05) is 12.1 Å². The molecule has 0 spiro atoms. The first kappa shape index (κ1) is 14.6. The van der Waals surface area contributed by atoms with Gasteiger partial charge in [0.1, 0.15) is 5.58 Å². The number of aromatic nitrogens is 1. The van der Waals surface area contributed by atoms with E-state index in [0.29, 0.717) is 5.58 Å². The minimum atomic E-state index is -0.339. The molecule has 0 amide bonds. The van der Waals surface area contributed by atoms with Crippen molar-refractivity contribution in [2.45, 2.75) is 13.5 Å². The molecule has 0 atom stereocenters. The van der Waals surface area contributed by atoms with Crippen LogP contribution in [0.25, 0.3) is 21.9 Å². The number of rotatable bonds is 3. The van der Waals surface area contributed by atoms with Gasteiger partial charge in [0.05, 0.1) is 5.69 Å². The average molecular weight is 318 g/mol. The van der Waals surface area contributed by atoms with Crippen LogP contribution in [-0.4, -0.2) is 11.6 Å². The lowest BCUT2D eigenvalue weighted by molar-refractivity contribution is 0.561. The number of anilines is 2. The van der Waals surface area contributed by atoms with Crippen LogP contribution in [0.15, 0.2) is 70.0 Å². The molecule has 4 nitrogen and oxygen atoms in total. The van der Waals surface area contributed by atoms with Gasteiger partial charge in [-0.25, -0.2) is 4.79 Å². The average Bonchev–Trinajstić information content (AvgIpc) is 3.02. The van der Waals surface area contributed by atoms with Crippen molar-refractivity contribution >= 4 is 33.2 Å². The highest BCUT2D eigenvalue weighted by Gasteiger charge is 2.12. The molecule has 4 heteroatoms. The van der Waals surface area contributed by atoms with Gasteiger partial charge in [-0.15, -0.1) is 0 Å². The minimum absolute atomic E-state index is 0.339. The predicted molar refractivity (Wildman–Crippen MR) is 98.2 cm³/mol. The summed E-state index contributed by atoms with van der Waals surface area (Å²) in [6.07, 6.45) is 2.10. The van der Waals surface area contributed by atoms with E-state index in [1.807, 2.05) is 36.2 Å². The molecule has 4 rings (SSSR count). The molecule has 0 saturated heterocycles. The molecule has 2 aromatic heterocycles. The summed E-state index contributed by atoms with van der Waals surface area (Å²) in [7, 11) is 1.97. The summed E-state index contributed by atoms with van der Waals surface area (Å²) in [5, 5.41) is 2.11. The lowest BCUT2D eigenvalue weighted by atomic mass is 10.1. The van der Waals surface area contributed by atoms with Gasteiger partial charge in [-0.3, -0.25) is 0 Å². The van der Waals surface area contributed by atoms with E-state index in [1.165, 1.54) is 10.9 Å². The van der Waals surface area contributed by atoms with Gasteiger partial charge in [0.2, 0.25) is 0 Å². The standard InChI is InChI=1S/C20H18N2O2/c1-3-22-11-10-14-12-15(8-9-17(14)22)21(2)18-13-20(23)24-19-7-5-4-6-16(18)19/h4-13H,3H2,1-2H3. The van der Waals surface area contributed by atoms with Crippen LogP contribution >= 0.6 is 0 Å². The molecule has 0 radical (unpaired) electrons. The molecule has 0 N–H and O–H groups in total. The SMILES string of the molecule is CCn1ccc2cc(N(C)c3cc(=O)oc4ccccc34)ccc21. The van der Waals surface area contributed by atoms with Crippen LogP contribution in [0.5, 0.6) is 0 Å². The monoisotopic (exact) mass is 318 g/mol. The van der Waals surface area contributed by atoms with Gasteiger partial charge in [0, 0.05) is 47.8 Å². The zero-order chi connectivity index (χ0) is 16.7. The third kappa shape index (κ3) is 2.27. The van der Waals surface area contributed by atoms with E-state index in [-0.39, 0.29) is 5.63 Å². The van der Waals surface area contributed by atoms with Crippen molar-refractivity contribution in [2.24, 2.45) is 0 Å². The molecule has 0 saturated carbocycles. The van der Waals surface area contributed by atoms with E-state index >= 15 is 0 Å². The Morgan fingerprint density at radius 3 is 2.75 bits per heavy atom. The van der Waals surface area contributed by atoms with Crippen molar-refractivity contribution in [3.63, 3.8) is 0 Å². The Labute approximate surface area is 139 Å². The molecule has 0 bridgehead atoms. The molecular weight excluding hydrogens is 300 g/mol. The summed E-state index contributed by atoms with van der Waals surface area (Å²) in [6, 6.07) is 17.6. The molecule has 4 aromatic rings. The van der Waals surface area contributed by atoms with Gasteiger partial charge in [-0.2, -0.15) is 0 Å². The Hall–Kier alpha value is -3.01. The Morgan fingerprint density at radius 2 is 1.92 bits per heavy atom. The first-order chi connectivity index (χ1) is 11.7. The fourth-order valence-corrected chi connectivity index (χ4v) is 3.18. The second kappa shape index (κ2) is 5.57. The van der Waals surface area contributed by atoms with Gasteiger partial charge in [0.25, 0.3) is 0 Å². The summed E-state index contributed by atoms with van der Waals surface area (Å²) in [5.41, 5.74) is 3.36. The van der Waals surface area contributed by atoms with Crippen LogP contribution in [0.4, 0.5) is 11.4 Å². The Kier molecular flexibility index (Phi) is 3.38. The van der Waals surface area contributed by atoms with Crippen molar-refractivity contribution in [3.8, 4) is 0 Å². The van der Waals surface area contributed by atoms with E-state index in [1.54, 1.807) is 6.07 Å². The molecule has 2 heterocycles. The van der Waals surface area contributed by atoms with E-state index < -0.39 is 0 Å². The summed E-state index contributed by atoms with van der Waals surface area (Å²) in [4.78, 5) is 13.9. The molecule has 0 unspecified atom stereocenters. The molecule has 0 aliphatic carbocycles. The molecule has 0 aliphatic rings. The Bertz CT molecular complexity index is 1090. The lowest BCUT2D eigenvalue weighted by Gasteiger charge is -2.21. The van der Waals surface area contributed by atoms with Crippen molar-refractivity contribution in [3.05, 3.63) is 71.2 Å². The van der Waals surface area contributed by atoms with Crippen LogP contribution in [-0.2, 0) is 6.54 Å². The van der Waals surface area contributed by atoms with E-state index in [2.05, 4.69) is 42.0 Å². The minimum Gasteiger partial charge on any atom is -0.423 e. The highest BCUT2D eigenvalue weighted by Crippen LogP contribution is 2.31. The molecular formula is C20H18N2O2. The quantitative estimate of drug-likeness (QED) is 0.521. The molecule has 2 aromatic carbocycles. The van der Waals surface area contributed by atoms with Gasteiger partial charge in [-0.05, 0) is 43.3 Å². The van der Waals surface area contributed by atoms with E-state index in [9.17, 15) is 4.79 Å². The van der Waals surface area contributed by atoms with Crippen molar-refractivity contribution in [1.29, 1.82) is 0 Å². The first-order valence-corrected chi connectivity index (χ1v) is 8.03. The second-order valence-corrected chi connectivity index (χ2v) is 5.85. The number of nitrogens with zero attached hydrogens (tertiary/aromatic N) is 2. The number of fused-ring (bicyclic) bond motifs is 2. The summed E-state index contributed by atoms with van der Waals surface area (Å²) < 4.78 is 7.50. The second-order valence-electron chi connectivity index (χ2n) is 5.85. The van der Waals surface area contributed by atoms with Gasteiger partial charge < -0.3 is 13.9 Å². The number of para-hydroxylation sites is 1. The fourth-order valence-electron chi connectivity index (χ4n) is 3.18. The van der Waals surface area contributed by atoms with E-state index in [0.717, 1.165) is 23.3 Å². The third-order valence-electron chi connectivity index (χ3n) is 4.47. The highest BCUT2D eigenvalue weighted by atomic mass is 16.4. The van der Waals surface area contributed by atoms with Crippen molar-refractivity contribution in [1.82, 2.24) is 4.57 Å². The number of hydrogen-bond acceptors (Lipinski definition) is 3. The van der Waals surface area contributed by atoms with Crippen LogP contribution in [0, 0.1) is 0 Å². The number of benzene rings is 2.